The highest BCUT2D eigenvalue weighted by molar-refractivity contribution is 5.34. The first kappa shape index (κ1) is 13.1. The van der Waals surface area contributed by atoms with E-state index >= 15 is 0 Å². The van der Waals surface area contributed by atoms with Crippen molar-refractivity contribution in [2.45, 2.75) is 0 Å². The normalized spacial score (nSPS) is 10.6. The molecule has 4 N–H and O–H groups in total. The van der Waals surface area contributed by atoms with Crippen LogP contribution in [0.15, 0.2) is 12.7 Å². The second-order valence-corrected chi connectivity index (χ2v) is 3.42. The molecule has 2 aromatic rings. The fourth-order valence-corrected chi connectivity index (χ4v) is 1.28. The largest absolute Gasteiger partial charge is 0.394 e. The van der Waals surface area contributed by atoms with Crippen molar-refractivity contribution in [1.29, 1.82) is 0 Å². The van der Waals surface area contributed by atoms with Gasteiger partial charge in [-0.25, -0.2) is 4.98 Å². The van der Waals surface area contributed by atoms with Crippen LogP contribution in [0, 0.1) is 0 Å². The van der Waals surface area contributed by atoms with Gasteiger partial charge in [0.2, 0.25) is 11.9 Å². The van der Waals surface area contributed by atoms with Gasteiger partial charge in [0, 0.05) is 6.54 Å². The molecule has 0 atom stereocenters. The quantitative estimate of drug-likeness (QED) is 0.509. The molecule has 0 aliphatic rings. The zero-order valence-electron chi connectivity index (χ0n) is 10.1. The van der Waals surface area contributed by atoms with Gasteiger partial charge in [-0.15, -0.1) is 0 Å². The maximum Gasteiger partial charge on any atom is 0.258 e. The standard InChI is InChI=1S/C9H14N8O2/c10-7-14-8(12-1-3-19-4-2-18)16-9(15-7)17-6-11-5-13-17/h5-6,18H,1-4H2,(H3,10,12,14,15,16). The number of aromatic nitrogens is 6. The van der Waals surface area contributed by atoms with Gasteiger partial charge < -0.3 is 20.9 Å². The highest BCUT2D eigenvalue weighted by Crippen LogP contribution is 2.05. The Balaban J connectivity index is 1.97. The van der Waals surface area contributed by atoms with Gasteiger partial charge in [-0.2, -0.15) is 24.7 Å². The fraction of sp³-hybridized carbons (Fsp3) is 0.444. The second-order valence-electron chi connectivity index (χ2n) is 3.42. The summed E-state index contributed by atoms with van der Waals surface area (Å²) >= 11 is 0. The summed E-state index contributed by atoms with van der Waals surface area (Å²) in [5, 5.41) is 15.4. The first-order valence-corrected chi connectivity index (χ1v) is 5.58. The lowest BCUT2D eigenvalue weighted by Gasteiger charge is -2.07. The van der Waals surface area contributed by atoms with E-state index in [1.807, 2.05) is 0 Å². The number of aliphatic hydroxyl groups excluding tert-OH is 1. The molecule has 0 aliphatic heterocycles. The SMILES string of the molecule is Nc1nc(NCCOCCO)nc(-n2cncn2)n1. The summed E-state index contributed by atoms with van der Waals surface area (Å²) in [4.78, 5) is 15.8. The van der Waals surface area contributed by atoms with Gasteiger partial charge in [0.25, 0.3) is 5.95 Å². The lowest BCUT2D eigenvalue weighted by atomic mass is 10.6. The Kier molecular flexibility index (Phi) is 4.53. The molecule has 0 saturated carbocycles. The number of anilines is 2. The third kappa shape index (κ3) is 3.82. The highest BCUT2D eigenvalue weighted by Gasteiger charge is 2.06. The molecular formula is C9H14N8O2. The molecule has 10 heteroatoms. The van der Waals surface area contributed by atoms with E-state index in [1.54, 1.807) is 0 Å². The predicted molar refractivity (Wildman–Crippen MR) is 65.6 cm³/mol. The molecule has 0 fully saturated rings. The van der Waals surface area contributed by atoms with Crippen LogP contribution in [0.5, 0.6) is 0 Å². The second kappa shape index (κ2) is 6.56. The zero-order chi connectivity index (χ0) is 13.5. The van der Waals surface area contributed by atoms with E-state index in [9.17, 15) is 0 Å². The summed E-state index contributed by atoms with van der Waals surface area (Å²) in [5.74, 6) is 0.689. The van der Waals surface area contributed by atoms with Crippen LogP contribution in [0.2, 0.25) is 0 Å². The first-order chi connectivity index (χ1) is 9.29. The van der Waals surface area contributed by atoms with Gasteiger partial charge >= 0.3 is 0 Å². The Hall–Kier alpha value is -2.33. The fourth-order valence-electron chi connectivity index (χ4n) is 1.28. The summed E-state index contributed by atoms with van der Waals surface area (Å²) in [6, 6.07) is 0. The van der Waals surface area contributed by atoms with Gasteiger partial charge in [-0.1, -0.05) is 0 Å². The molecular weight excluding hydrogens is 252 g/mol. The molecule has 19 heavy (non-hydrogen) atoms. The van der Waals surface area contributed by atoms with Crippen molar-refractivity contribution in [2.75, 3.05) is 37.4 Å². The van der Waals surface area contributed by atoms with Gasteiger partial charge in [-0.3, -0.25) is 0 Å². The van der Waals surface area contributed by atoms with E-state index in [1.165, 1.54) is 17.3 Å². The Labute approximate surface area is 108 Å². The van der Waals surface area contributed by atoms with Gasteiger partial charge in [0.05, 0.1) is 19.8 Å². The van der Waals surface area contributed by atoms with Crippen molar-refractivity contribution >= 4 is 11.9 Å². The van der Waals surface area contributed by atoms with Gasteiger partial charge in [-0.05, 0) is 0 Å². The molecule has 10 nitrogen and oxygen atoms in total. The van der Waals surface area contributed by atoms with Crippen LogP contribution in [-0.4, -0.2) is 61.2 Å². The summed E-state index contributed by atoms with van der Waals surface area (Å²) in [6.45, 7) is 1.20. The minimum atomic E-state index is -0.00481. The van der Waals surface area contributed by atoms with Crippen molar-refractivity contribution < 1.29 is 9.84 Å². The molecule has 0 spiro atoms. The summed E-state index contributed by atoms with van der Waals surface area (Å²) in [5.41, 5.74) is 5.59. The van der Waals surface area contributed by atoms with E-state index in [4.69, 9.17) is 15.6 Å². The third-order valence-corrected chi connectivity index (χ3v) is 2.03. The number of nitrogen functional groups attached to an aromatic ring is 1. The maximum absolute atomic E-state index is 8.55. The van der Waals surface area contributed by atoms with E-state index < -0.39 is 0 Å². The molecule has 0 amide bonds. The minimum Gasteiger partial charge on any atom is -0.394 e. The van der Waals surface area contributed by atoms with Crippen LogP contribution >= 0.6 is 0 Å². The number of nitrogens with one attached hydrogen (secondary N) is 1. The van der Waals surface area contributed by atoms with Gasteiger partial charge in [0.15, 0.2) is 0 Å². The van der Waals surface area contributed by atoms with Crippen LogP contribution in [0.25, 0.3) is 5.95 Å². The highest BCUT2D eigenvalue weighted by atomic mass is 16.5. The molecule has 102 valence electrons. The molecule has 0 aromatic carbocycles. The lowest BCUT2D eigenvalue weighted by Crippen LogP contribution is -2.15. The van der Waals surface area contributed by atoms with Crippen molar-refractivity contribution in [3.8, 4) is 5.95 Å². The van der Waals surface area contributed by atoms with E-state index in [-0.39, 0.29) is 18.5 Å². The summed E-state index contributed by atoms with van der Waals surface area (Å²) < 4.78 is 6.48. The number of hydrogen-bond donors (Lipinski definition) is 3. The maximum atomic E-state index is 8.55. The molecule has 2 aromatic heterocycles. The smallest absolute Gasteiger partial charge is 0.258 e. The Morgan fingerprint density at radius 2 is 2.21 bits per heavy atom. The predicted octanol–water partition coefficient (Wildman–Crippen LogP) is -1.54. The number of nitrogens with zero attached hydrogens (tertiary/aromatic N) is 6. The van der Waals surface area contributed by atoms with Crippen molar-refractivity contribution in [1.82, 2.24) is 29.7 Å². The van der Waals surface area contributed by atoms with Crippen molar-refractivity contribution in [2.24, 2.45) is 0 Å². The first-order valence-electron chi connectivity index (χ1n) is 5.58. The lowest BCUT2D eigenvalue weighted by molar-refractivity contribution is 0.0991. The van der Waals surface area contributed by atoms with E-state index in [0.717, 1.165) is 0 Å². The Bertz CT molecular complexity index is 503. The van der Waals surface area contributed by atoms with Crippen LogP contribution in [0.1, 0.15) is 0 Å². The Morgan fingerprint density at radius 1 is 1.32 bits per heavy atom. The molecule has 0 aliphatic carbocycles. The van der Waals surface area contributed by atoms with E-state index in [2.05, 4.69) is 30.4 Å². The van der Waals surface area contributed by atoms with Gasteiger partial charge in [0.1, 0.15) is 12.7 Å². The molecule has 2 heterocycles. The number of aliphatic hydroxyl groups is 1. The van der Waals surface area contributed by atoms with Crippen molar-refractivity contribution in [3.63, 3.8) is 0 Å². The summed E-state index contributed by atoms with van der Waals surface area (Å²) in [6.07, 6.45) is 2.83. The van der Waals surface area contributed by atoms with Crippen LogP contribution in [0.3, 0.4) is 0 Å². The zero-order valence-corrected chi connectivity index (χ0v) is 10.1. The number of rotatable bonds is 7. The van der Waals surface area contributed by atoms with E-state index in [0.29, 0.717) is 25.7 Å². The molecule has 0 unspecified atom stereocenters. The number of hydrogen-bond acceptors (Lipinski definition) is 9. The molecule has 0 radical (unpaired) electrons. The Morgan fingerprint density at radius 3 is 2.95 bits per heavy atom. The monoisotopic (exact) mass is 266 g/mol. The molecule has 2 rings (SSSR count). The summed E-state index contributed by atoms with van der Waals surface area (Å²) in [7, 11) is 0. The van der Waals surface area contributed by atoms with Crippen LogP contribution < -0.4 is 11.1 Å². The third-order valence-electron chi connectivity index (χ3n) is 2.03. The molecule has 0 saturated heterocycles. The minimum absolute atomic E-state index is 0.00481. The molecule has 0 bridgehead atoms. The topological polar surface area (TPSA) is 137 Å². The average molecular weight is 266 g/mol. The average Bonchev–Trinajstić information content (AvgIpc) is 2.92. The van der Waals surface area contributed by atoms with Crippen molar-refractivity contribution in [3.05, 3.63) is 12.7 Å². The van der Waals surface area contributed by atoms with Crippen LogP contribution in [0.4, 0.5) is 11.9 Å². The number of ether oxygens (including phenoxy) is 1. The van der Waals surface area contributed by atoms with Crippen LogP contribution in [-0.2, 0) is 4.74 Å². The number of nitrogens with two attached hydrogens (primary N) is 1.